The highest BCUT2D eigenvalue weighted by atomic mass is 32.1. The molecule has 1 aromatic heterocycles. The number of amides is 1. The van der Waals surface area contributed by atoms with Crippen molar-refractivity contribution in [3.05, 3.63) is 82.6 Å². The number of nitrogens with one attached hydrogen (secondary N) is 1. The van der Waals surface area contributed by atoms with Crippen molar-refractivity contribution in [3.8, 4) is 0 Å². The van der Waals surface area contributed by atoms with Crippen molar-refractivity contribution in [1.82, 2.24) is 0 Å². The lowest BCUT2D eigenvalue weighted by Gasteiger charge is -2.29. The van der Waals surface area contributed by atoms with Gasteiger partial charge in [-0.2, -0.15) is 0 Å². The molecule has 5 nitrogen and oxygen atoms in total. The summed E-state index contributed by atoms with van der Waals surface area (Å²) in [6.07, 6.45) is 0. The van der Waals surface area contributed by atoms with Crippen LogP contribution in [0.2, 0.25) is 0 Å². The van der Waals surface area contributed by atoms with Gasteiger partial charge in [-0.1, -0.05) is 36.4 Å². The van der Waals surface area contributed by atoms with Crippen molar-refractivity contribution < 1.29 is 14.8 Å². The van der Waals surface area contributed by atoms with Crippen LogP contribution in [0.5, 0.6) is 0 Å². The molecule has 2 aromatic carbocycles. The number of anilines is 2. The summed E-state index contributed by atoms with van der Waals surface area (Å²) in [5.41, 5.74) is 3.19. The maximum Gasteiger partial charge on any atom is 0.282 e. The van der Waals surface area contributed by atoms with E-state index in [9.17, 15) is 4.79 Å². The zero-order valence-corrected chi connectivity index (χ0v) is 18.0. The first-order chi connectivity index (χ1) is 14.7. The molecule has 0 spiro atoms. The smallest absolute Gasteiger partial charge is 0.282 e. The Hall–Kier alpha value is -2.67. The summed E-state index contributed by atoms with van der Waals surface area (Å²) in [7, 11) is 0. The van der Waals surface area contributed by atoms with E-state index in [-0.39, 0.29) is 18.0 Å². The van der Waals surface area contributed by atoms with Crippen LogP contribution >= 0.6 is 11.3 Å². The molecule has 0 unspecified atom stereocenters. The van der Waals surface area contributed by atoms with Crippen molar-refractivity contribution in [2.75, 3.05) is 36.5 Å². The summed E-state index contributed by atoms with van der Waals surface area (Å²) in [6.45, 7) is 5.29. The Balaban J connectivity index is 1.40. The largest absolute Gasteiger partial charge is 0.378 e. The van der Waals surface area contributed by atoms with Crippen molar-refractivity contribution in [3.63, 3.8) is 0 Å². The van der Waals surface area contributed by atoms with Gasteiger partial charge in [0.15, 0.2) is 6.04 Å². The number of benzene rings is 2. The van der Waals surface area contributed by atoms with E-state index in [4.69, 9.17) is 4.74 Å². The molecule has 1 fully saturated rings. The van der Waals surface area contributed by atoms with E-state index >= 15 is 0 Å². The molecule has 1 saturated heterocycles. The number of carbonyl (C=O) groups is 1. The van der Waals surface area contributed by atoms with Crippen molar-refractivity contribution in [2.24, 2.45) is 0 Å². The van der Waals surface area contributed by atoms with E-state index in [1.54, 1.807) is 11.3 Å². The number of carbonyl (C=O) groups excluding carboxylic acids is 1. The number of hydrogen-bond acceptors (Lipinski definition) is 4. The first-order valence-corrected chi connectivity index (χ1v) is 11.3. The fourth-order valence-corrected chi connectivity index (χ4v) is 4.54. The molecule has 0 saturated carbocycles. The van der Waals surface area contributed by atoms with Crippen LogP contribution < -0.4 is 15.5 Å². The lowest BCUT2D eigenvalue weighted by molar-refractivity contribution is -0.703. The summed E-state index contributed by atoms with van der Waals surface area (Å²) in [4.78, 5) is 16.4. The summed E-state index contributed by atoms with van der Waals surface area (Å²) >= 11 is 1.72. The Morgan fingerprint density at radius 3 is 2.43 bits per heavy atom. The molecule has 3 N–H and O–H groups in total. The Labute approximate surface area is 181 Å². The predicted molar refractivity (Wildman–Crippen MR) is 122 cm³/mol. The Morgan fingerprint density at radius 2 is 1.77 bits per heavy atom. The van der Waals surface area contributed by atoms with Gasteiger partial charge < -0.3 is 20.3 Å². The van der Waals surface area contributed by atoms with Crippen LogP contribution in [0, 0.1) is 0 Å². The average molecular weight is 423 g/mol. The summed E-state index contributed by atoms with van der Waals surface area (Å²) in [6, 6.07) is 22.5. The van der Waals surface area contributed by atoms with Crippen LogP contribution in [0.1, 0.15) is 23.4 Å². The lowest BCUT2D eigenvalue weighted by atomic mass is 10.0. The highest BCUT2D eigenvalue weighted by Gasteiger charge is 2.25. The number of morpholine rings is 1. The number of ether oxygens (including phenoxy) is 1. The maximum absolute atomic E-state index is 12.9. The van der Waals surface area contributed by atoms with Crippen molar-refractivity contribution in [1.29, 1.82) is 0 Å². The number of thiophene rings is 1. The SMILES string of the molecule is C[C@@H]([NH2+][C@H](c1ccccc1)c1cccs1)C(=O)Nc1ccc(N2CCOCC2)cc1. The van der Waals surface area contributed by atoms with E-state index in [0.29, 0.717) is 0 Å². The molecule has 4 rings (SSSR count). The molecular weight excluding hydrogens is 394 g/mol. The molecule has 0 radical (unpaired) electrons. The van der Waals surface area contributed by atoms with E-state index in [2.05, 4.69) is 57.3 Å². The highest BCUT2D eigenvalue weighted by molar-refractivity contribution is 7.10. The quantitative estimate of drug-likeness (QED) is 0.614. The number of nitrogens with two attached hydrogens (primary N) is 1. The Morgan fingerprint density at radius 1 is 1.03 bits per heavy atom. The minimum absolute atomic E-state index is 0.00612. The monoisotopic (exact) mass is 422 g/mol. The van der Waals surface area contributed by atoms with Gasteiger partial charge in [0.1, 0.15) is 6.04 Å². The average Bonchev–Trinajstić information content (AvgIpc) is 3.33. The van der Waals surface area contributed by atoms with E-state index in [1.165, 1.54) is 10.4 Å². The van der Waals surface area contributed by atoms with Gasteiger partial charge in [0, 0.05) is 30.0 Å². The second kappa shape index (κ2) is 9.89. The fourth-order valence-electron chi connectivity index (χ4n) is 3.71. The summed E-state index contributed by atoms with van der Waals surface area (Å²) < 4.78 is 5.41. The molecule has 1 amide bonds. The van der Waals surface area contributed by atoms with Crippen molar-refractivity contribution in [2.45, 2.75) is 19.0 Å². The second-order valence-corrected chi connectivity index (χ2v) is 8.50. The topological polar surface area (TPSA) is 58.2 Å². The molecule has 6 heteroatoms. The number of rotatable bonds is 7. The zero-order valence-electron chi connectivity index (χ0n) is 17.2. The Kier molecular flexibility index (Phi) is 6.79. The van der Waals surface area contributed by atoms with E-state index in [0.717, 1.165) is 37.7 Å². The van der Waals surface area contributed by atoms with Gasteiger partial charge in [-0.15, -0.1) is 11.3 Å². The van der Waals surface area contributed by atoms with Crippen LogP contribution in [-0.2, 0) is 9.53 Å². The standard InChI is InChI=1S/C24H27N3O2S/c1-18(25-23(22-8-5-17-30-22)19-6-3-2-4-7-19)24(28)26-20-9-11-21(12-10-20)27-13-15-29-16-14-27/h2-12,17-18,23,25H,13-16H2,1H3,(H,26,28)/p+1/t18-,23-/m1/s1. The number of hydrogen-bond donors (Lipinski definition) is 2. The third-order valence-electron chi connectivity index (χ3n) is 5.41. The van der Waals surface area contributed by atoms with Gasteiger partial charge in [-0.05, 0) is 42.6 Å². The predicted octanol–water partition coefficient (Wildman–Crippen LogP) is 3.26. The first kappa shape index (κ1) is 20.6. The minimum atomic E-state index is -0.226. The molecule has 3 aromatic rings. The van der Waals surface area contributed by atoms with Crippen LogP contribution in [0.25, 0.3) is 0 Å². The van der Waals surface area contributed by atoms with Gasteiger partial charge in [-0.3, -0.25) is 4.79 Å². The third-order valence-corrected chi connectivity index (χ3v) is 6.37. The molecule has 1 aliphatic rings. The van der Waals surface area contributed by atoms with Crippen LogP contribution in [-0.4, -0.2) is 38.3 Å². The molecule has 1 aliphatic heterocycles. The van der Waals surface area contributed by atoms with Gasteiger partial charge in [0.05, 0.1) is 18.1 Å². The zero-order chi connectivity index (χ0) is 20.8. The second-order valence-electron chi connectivity index (χ2n) is 7.52. The fraction of sp³-hybridized carbons (Fsp3) is 0.292. The molecule has 0 bridgehead atoms. The Bertz CT molecular complexity index is 923. The van der Waals surface area contributed by atoms with Gasteiger partial charge in [-0.25, -0.2) is 0 Å². The van der Waals surface area contributed by atoms with E-state index in [1.807, 2.05) is 37.3 Å². The van der Waals surface area contributed by atoms with Crippen molar-refractivity contribution >= 4 is 28.6 Å². The minimum Gasteiger partial charge on any atom is -0.378 e. The molecule has 156 valence electrons. The molecule has 2 heterocycles. The van der Waals surface area contributed by atoms with Crippen LogP contribution in [0.3, 0.4) is 0 Å². The molecule has 2 atom stereocenters. The lowest BCUT2D eigenvalue weighted by Crippen LogP contribution is -2.92. The highest BCUT2D eigenvalue weighted by Crippen LogP contribution is 2.23. The summed E-state index contributed by atoms with van der Waals surface area (Å²) in [5, 5.41) is 7.28. The summed E-state index contributed by atoms with van der Waals surface area (Å²) in [5.74, 6) is 0.00612. The van der Waals surface area contributed by atoms with Gasteiger partial charge >= 0.3 is 0 Å². The van der Waals surface area contributed by atoms with Crippen LogP contribution in [0.15, 0.2) is 72.1 Å². The molecule has 0 aliphatic carbocycles. The molecule has 30 heavy (non-hydrogen) atoms. The third kappa shape index (κ3) is 5.08. The van der Waals surface area contributed by atoms with E-state index < -0.39 is 0 Å². The molecular formula is C24H28N3O2S+. The maximum atomic E-state index is 12.9. The number of quaternary nitrogens is 1. The van der Waals surface area contributed by atoms with Gasteiger partial charge in [0.25, 0.3) is 5.91 Å². The van der Waals surface area contributed by atoms with Crippen LogP contribution in [0.4, 0.5) is 11.4 Å². The van der Waals surface area contributed by atoms with Gasteiger partial charge in [0.2, 0.25) is 0 Å². The normalized spacial score (nSPS) is 16.1. The number of nitrogens with zero attached hydrogens (tertiary/aromatic N) is 1. The first-order valence-electron chi connectivity index (χ1n) is 10.4.